The highest BCUT2D eigenvalue weighted by atomic mass is 32.1. The maximum Gasteiger partial charge on any atom is 0.345 e. The Hall–Kier alpha value is -1.62. The third-order valence-electron chi connectivity index (χ3n) is 2.61. The molecule has 0 aliphatic rings. The van der Waals surface area contributed by atoms with Crippen LogP contribution in [0.1, 0.15) is 27.9 Å². The largest absolute Gasteiger partial charge is 0.477 e. The minimum Gasteiger partial charge on any atom is -0.477 e. The second-order valence-electron chi connectivity index (χ2n) is 3.94. The highest BCUT2D eigenvalue weighted by molar-refractivity contribution is 7.17. The first-order valence-corrected chi connectivity index (χ1v) is 6.21. The van der Waals surface area contributed by atoms with Crippen LogP contribution in [-0.2, 0) is 13.5 Å². The highest BCUT2D eigenvalue weighted by Crippen LogP contribution is 2.34. The number of carboxylic acid groups (broad SMARTS) is 1. The molecule has 2 rings (SSSR count). The van der Waals surface area contributed by atoms with Gasteiger partial charge in [-0.2, -0.15) is 5.10 Å². The lowest BCUT2D eigenvalue weighted by Gasteiger charge is -1.97. The van der Waals surface area contributed by atoms with Crippen molar-refractivity contribution < 1.29 is 9.90 Å². The Labute approximate surface area is 104 Å². The lowest BCUT2D eigenvalue weighted by Crippen LogP contribution is -1.89. The van der Waals surface area contributed by atoms with Crippen LogP contribution in [0.25, 0.3) is 10.4 Å². The van der Waals surface area contributed by atoms with E-state index in [0.29, 0.717) is 4.88 Å². The monoisotopic (exact) mass is 250 g/mol. The molecular formula is C12H14N2O2S. The zero-order chi connectivity index (χ0) is 12.6. The summed E-state index contributed by atoms with van der Waals surface area (Å²) in [6, 6.07) is 1.72. The van der Waals surface area contributed by atoms with Gasteiger partial charge in [-0.05, 0) is 25.0 Å². The maximum atomic E-state index is 10.9. The first kappa shape index (κ1) is 11.9. The van der Waals surface area contributed by atoms with E-state index in [1.807, 2.05) is 27.1 Å². The van der Waals surface area contributed by atoms with Crippen molar-refractivity contribution in [1.82, 2.24) is 9.78 Å². The Morgan fingerprint density at radius 2 is 2.29 bits per heavy atom. The molecule has 0 aliphatic carbocycles. The number of hydrogen-bond acceptors (Lipinski definition) is 3. The fourth-order valence-corrected chi connectivity index (χ4v) is 2.88. The summed E-state index contributed by atoms with van der Waals surface area (Å²) in [7, 11) is 1.88. The summed E-state index contributed by atoms with van der Waals surface area (Å²) in [5, 5.41) is 13.4. The van der Waals surface area contributed by atoms with Gasteiger partial charge < -0.3 is 5.11 Å². The lowest BCUT2D eigenvalue weighted by molar-refractivity contribution is 0.0702. The van der Waals surface area contributed by atoms with E-state index in [-0.39, 0.29) is 0 Å². The summed E-state index contributed by atoms with van der Waals surface area (Å²) < 4.78 is 1.77. The first-order chi connectivity index (χ1) is 8.02. The number of rotatable bonds is 3. The van der Waals surface area contributed by atoms with Gasteiger partial charge in [0.1, 0.15) is 4.88 Å². The molecule has 0 unspecified atom stereocenters. The molecule has 0 radical (unpaired) electrons. The van der Waals surface area contributed by atoms with Crippen molar-refractivity contribution in [2.75, 3.05) is 0 Å². The number of nitrogens with zero attached hydrogens (tertiary/aromatic N) is 2. The molecule has 0 saturated heterocycles. The molecule has 2 aromatic heterocycles. The molecule has 2 heterocycles. The molecule has 1 N–H and O–H groups in total. The molecule has 0 spiro atoms. The van der Waals surface area contributed by atoms with Crippen molar-refractivity contribution in [3.8, 4) is 10.4 Å². The number of aromatic nitrogens is 2. The molecule has 0 fully saturated rings. The SMILES string of the molecule is CCc1nn(C)cc1-c1sc(C(=O)O)cc1C. The van der Waals surface area contributed by atoms with Gasteiger partial charge in [0, 0.05) is 23.7 Å². The van der Waals surface area contributed by atoms with E-state index in [1.165, 1.54) is 11.3 Å². The molecule has 90 valence electrons. The fraction of sp³-hybridized carbons (Fsp3) is 0.333. The molecule has 4 nitrogen and oxygen atoms in total. The van der Waals surface area contributed by atoms with Gasteiger partial charge in [0.15, 0.2) is 0 Å². The van der Waals surface area contributed by atoms with Crippen molar-refractivity contribution >= 4 is 17.3 Å². The van der Waals surface area contributed by atoms with Crippen molar-refractivity contribution in [3.05, 3.63) is 28.4 Å². The molecule has 17 heavy (non-hydrogen) atoms. The Morgan fingerprint density at radius 1 is 1.59 bits per heavy atom. The number of aromatic carboxylic acids is 1. The minimum absolute atomic E-state index is 0.378. The number of carbonyl (C=O) groups is 1. The standard InChI is InChI=1S/C12H14N2O2S/c1-4-9-8(6-14(3)13-9)11-7(2)5-10(17-11)12(15)16/h5-6H,4H2,1-3H3,(H,15,16). The highest BCUT2D eigenvalue weighted by Gasteiger charge is 2.16. The topological polar surface area (TPSA) is 55.1 Å². The summed E-state index contributed by atoms with van der Waals surface area (Å²) in [5.74, 6) is -0.869. The van der Waals surface area contributed by atoms with E-state index in [9.17, 15) is 4.79 Å². The van der Waals surface area contributed by atoms with Crippen molar-refractivity contribution in [3.63, 3.8) is 0 Å². The normalized spacial score (nSPS) is 10.8. The van der Waals surface area contributed by atoms with Gasteiger partial charge in [0.25, 0.3) is 0 Å². The smallest absolute Gasteiger partial charge is 0.345 e. The molecular weight excluding hydrogens is 236 g/mol. The van der Waals surface area contributed by atoms with E-state index >= 15 is 0 Å². The first-order valence-electron chi connectivity index (χ1n) is 5.39. The van der Waals surface area contributed by atoms with E-state index in [0.717, 1.165) is 28.1 Å². The van der Waals surface area contributed by atoms with E-state index in [4.69, 9.17) is 5.11 Å². The minimum atomic E-state index is -0.869. The van der Waals surface area contributed by atoms with Gasteiger partial charge in [0.2, 0.25) is 0 Å². The molecule has 0 atom stereocenters. The zero-order valence-electron chi connectivity index (χ0n) is 10.0. The van der Waals surface area contributed by atoms with Crippen LogP contribution in [0, 0.1) is 6.92 Å². The molecule has 5 heteroatoms. The quantitative estimate of drug-likeness (QED) is 0.911. The van der Waals surface area contributed by atoms with Crippen LogP contribution in [-0.4, -0.2) is 20.9 Å². The summed E-state index contributed by atoms with van der Waals surface area (Å²) in [4.78, 5) is 12.3. The number of thiophene rings is 1. The van der Waals surface area contributed by atoms with Gasteiger partial charge >= 0.3 is 5.97 Å². The second-order valence-corrected chi connectivity index (χ2v) is 5.00. The molecule has 0 aromatic carbocycles. The van der Waals surface area contributed by atoms with Crippen LogP contribution in [0.15, 0.2) is 12.3 Å². The van der Waals surface area contributed by atoms with Crippen LogP contribution in [0.2, 0.25) is 0 Å². The Balaban J connectivity index is 2.55. The average Bonchev–Trinajstić information content (AvgIpc) is 2.81. The summed E-state index contributed by atoms with van der Waals surface area (Å²) in [5.41, 5.74) is 3.05. The number of carboxylic acids is 1. The third kappa shape index (κ3) is 2.10. The molecule has 0 amide bonds. The van der Waals surface area contributed by atoms with Crippen LogP contribution in [0.5, 0.6) is 0 Å². The number of aryl methyl sites for hydroxylation is 3. The average molecular weight is 250 g/mol. The molecule has 0 saturated carbocycles. The summed E-state index contributed by atoms with van der Waals surface area (Å²) in [6.07, 6.45) is 2.79. The van der Waals surface area contributed by atoms with E-state index in [1.54, 1.807) is 10.7 Å². The van der Waals surface area contributed by atoms with Crippen LogP contribution in [0.3, 0.4) is 0 Å². The van der Waals surface area contributed by atoms with Gasteiger partial charge in [-0.15, -0.1) is 11.3 Å². The van der Waals surface area contributed by atoms with Crippen molar-refractivity contribution in [2.24, 2.45) is 7.05 Å². The predicted octanol–water partition coefficient (Wildman–Crippen LogP) is 2.72. The van der Waals surface area contributed by atoms with E-state index in [2.05, 4.69) is 5.10 Å². The van der Waals surface area contributed by atoms with Crippen molar-refractivity contribution in [1.29, 1.82) is 0 Å². The van der Waals surface area contributed by atoms with Crippen LogP contribution < -0.4 is 0 Å². The van der Waals surface area contributed by atoms with Gasteiger partial charge in [-0.25, -0.2) is 4.79 Å². The second kappa shape index (κ2) is 4.33. The maximum absolute atomic E-state index is 10.9. The lowest BCUT2D eigenvalue weighted by atomic mass is 10.1. The van der Waals surface area contributed by atoms with E-state index < -0.39 is 5.97 Å². The Kier molecular flexibility index (Phi) is 3.02. The van der Waals surface area contributed by atoms with Crippen molar-refractivity contribution in [2.45, 2.75) is 20.3 Å². The van der Waals surface area contributed by atoms with Gasteiger partial charge in [0.05, 0.1) is 5.69 Å². The third-order valence-corrected chi connectivity index (χ3v) is 3.87. The molecule has 0 aliphatic heterocycles. The molecule has 0 bridgehead atoms. The number of hydrogen-bond donors (Lipinski definition) is 1. The van der Waals surface area contributed by atoms with Crippen LogP contribution in [0.4, 0.5) is 0 Å². The predicted molar refractivity (Wildman–Crippen MR) is 67.6 cm³/mol. The summed E-state index contributed by atoms with van der Waals surface area (Å²) in [6.45, 7) is 3.98. The summed E-state index contributed by atoms with van der Waals surface area (Å²) >= 11 is 1.31. The van der Waals surface area contributed by atoms with Crippen LogP contribution >= 0.6 is 11.3 Å². The molecule has 2 aromatic rings. The zero-order valence-corrected chi connectivity index (χ0v) is 10.8. The van der Waals surface area contributed by atoms with Gasteiger partial charge in [-0.1, -0.05) is 6.92 Å². The Bertz CT molecular complexity index is 569. The van der Waals surface area contributed by atoms with Gasteiger partial charge in [-0.3, -0.25) is 4.68 Å². The Morgan fingerprint density at radius 3 is 2.82 bits per heavy atom. The fourth-order valence-electron chi connectivity index (χ4n) is 1.84.